The van der Waals surface area contributed by atoms with E-state index in [0.717, 1.165) is 4.90 Å². The minimum atomic E-state index is -0.297. The number of hydrogen-bond donors (Lipinski definition) is 0. The first kappa shape index (κ1) is 12.8. The number of hydrogen-bond acceptors (Lipinski definition) is 4. The fraction of sp³-hybridized carbons (Fsp3) is 0.727. The summed E-state index contributed by atoms with van der Waals surface area (Å²) in [6, 6.07) is 0. The Morgan fingerprint density at radius 1 is 1.31 bits per heavy atom. The molecule has 0 aromatic rings. The SMILES string of the molecule is COCC(=O)CN1C(=O)CC(C)(C)CC1=O. The zero-order valence-electron chi connectivity index (χ0n) is 9.91. The Bertz CT molecular complexity index is 302. The number of amides is 2. The molecule has 1 aliphatic rings. The van der Waals surface area contributed by atoms with Crippen LogP contribution in [-0.4, -0.2) is 42.8 Å². The van der Waals surface area contributed by atoms with E-state index in [-0.39, 0.29) is 36.2 Å². The largest absolute Gasteiger partial charge is 0.377 e. The number of piperidine rings is 1. The van der Waals surface area contributed by atoms with E-state index in [1.165, 1.54) is 7.11 Å². The molecule has 1 saturated heterocycles. The molecule has 0 aromatic heterocycles. The van der Waals surface area contributed by atoms with Crippen molar-refractivity contribution in [2.75, 3.05) is 20.3 Å². The van der Waals surface area contributed by atoms with E-state index in [2.05, 4.69) is 4.74 Å². The molecule has 5 nitrogen and oxygen atoms in total. The maximum Gasteiger partial charge on any atom is 0.230 e. The van der Waals surface area contributed by atoms with Crippen LogP contribution < -0.4 is 0 Å². The zero-order valence-corrected chi connectivity index (χ0v) is 9.91. The molecule has 0 saturated carbocycles. The van der Waals surface area contributed by atoms with E-state index in [1.807, 2.05) is 13.8 Å². The van der Waals surface area contributed by atoms with Crippen LogP contribution in [-0.2, 0) is 19.1 Å². The second kappa shape index (κ2) is 4.74. The van der Waals surface area contributed by atoms with Gasteiger partial charge in [0.15, 0.2) is 5.78 Å². The van der Waals surface area contributed by atoms with Gasteiger partial charge in [-0.1, -0.05) is 13.8 Å². The highest BCUT2D eigenvalue weighted by atomic mass is 16.5. The van der Waals surface area contributed by atoms with Gasteiger partial charge in [-0.3, -0.25) is 19.3 Å². The van der Waals surface area contributed by atoms with Gasteiger partial charge in [-0.05, 0) is 5.41 Å². The van der Waals surface area contributed by atoms with Crippen molar-refractivity contribution in [3.05, 3.63) is 0 Å². The first-order valence-electron chi connectivity index (χ1n) is 5.19. The van der Waals surface area contributed by atoms with Crippen molar-refractivity contribution in [2.45, 2.75) is 26.7 Å². The molecular formula is C11H17NO4. The number of ether oxygens (including phenoxy) is 1. The Morgan fingerprint density at radius 3 is 2.25 bits per heavy atom. The van der Waals surface area contributed by atoms with Crippen LogP contribution in [0.15, 0.2) is 0 Å². The smallest absolute Gasteiger partial charge is 0.230 e. The lowest BCUT2D eigenvalue weighted by Crippen LogP contribution is -2.48. The van der Waals surface area contributed by atoms with Crippen molar-refractivity contribution in [2.24, 2.45) is 5.41 Å². The molecule has 1 heterocycles. The highest BCUT2D eigenvalue weighted by Crippen LogP contribution is 2.31. The Morgan fingerprint density at radius 2 is 1.81 bits per heavy atom. The molecule has 0 radical (unpaired) electrons. The van der Waals surface area contributed by atoms with Crippen molar-refractivity contribution in [1.82, 2.24) is 4.90 Å². The highest BCUT2D eigenvalue weighted by molar-refractivity contribution is 6.01. The molecule has 0 N–H and O–H groups in total. The molecular weight excluding hydrogens is 210 g/mol. The summed E-state index contributed by atoms with van der Waals surface area (Å²) >= 11 is 0. The van der Waals surface area contributed by atoms with Crippen molar-refractivity contribution < 1.29 is 19.1 Å². The zero-order chi connectivity index (χ0) is 12.3. The summed E-state index contributed by atoms with van der Waals surface area (Å²) in [6.45, 7) is 3.51. The molecule has 16 heavy (non-hydrogen) atoms. The first-order chi connectivity index (χ1) is 7.35. The normalized spacial score (nSPS) is 20.1. The van der Waals surface area contributed by atoms with Gasteiger partial charge in [0, 0.05) is 20.0 Å². The number of methoxy groups -OCH3 is 1. The van der Waals surface area contributed by atoms with Crippen LogP contribution in [0, 0.1) is 5.41 Å². The number of imide groups is 1. The average Bonchev–Trinajstić information content (AvgIpc) is 2.10. The number of rotatable bonds is 4. The van der Waals surface area contributed by atoms with Crippen molar-refractivity contribution in [3.63, 3.8) is 0 Å². The van der Waals surface area contributed by atoms with E-state index in [9.17, 15) is 14.4 Å². The van der Waals surface area contributed by atoms with E-state index in [4.69, 9.17) is 0 Å². The van der Waals surface area contributed by atoms with E-state index < -0.39 is 0 Å². The lowest BCUT2D eigenvalue weighted by molar-refractivity contribution is -0.155. The van der Waals surface area contributed by atoms with E-state index in [0.29, 0.717) is 12.8 Å². The van der Waals surface area contributed by atoms with Crippen LogP contribution in [0.25, 0.3) is 0 Å². The van der Waals surface area contributed by atoms with Gasteiger partial charge in [0.05, 0.1) is 6.54 Å². The van der Waals surface area contributed by atoms with Crippen LogP contribution in [0.1, 0.15) is 26.7 Å². The minimum Gasteiger partial charge on any atom is -0.377 e. The summed E-state index contributed by atoms with van der Waals surface area (Å²) in [6.07, 6.45) is 0.609. The second-order valence-electron chi connectivity index (χ2n) is 4.86. The summed E-state index contributed by atoms with van der Waals surface area (Å²) in [7, 11) is 1.40. The number of carbonyl (C=O) groups is 3. The number of nitrogens with zero attached hydrogens (tertiary/aromatic N) is 1. The fourth-order valence-electron chi connectivity index (χ4n) is 1.77. The Balaban J connectivity index is 2.65. The number of carbonyl (C=O) groups excluding carboxylic acids is 3. The average molecular weight is 227 g/mol. The van der Waals surface area contributed by atoms with E-state index >= 15 is 0 Å². The van der Waals surface area contributed by atoms with Crippen LogP contribution >= 0.6 is 0 Å². The third kappa shape index (κ3) is 3.13. The van der Waals surface area contributed by atoms with Crippen molar-refractivity contribution in [1.29, 1.82) is 0 Å². The number of Topliss-reactive ketones (excluding diaryl/α,β-unsaturated/α-hetero) is 1. The molecule has 0 atom stereocenters. The molecule has 0 bridgehead atoms. The third-order valence-electron chi connectivity index (χ3n) is 2.50. The molecule has 0 aliphatic carbocycles. The topological polar surface area (TPSA) is 63.7 Å². The predicted octanol–water partition coefficient (Wildman–Crippen LogP) is 0.377. The molecule has 0 aromatic carbocycles. The molecule has 1 aliphatic heterocycles. The van der Waals surface area contributed by atoms with Crippen LogP contribution in [0.2, 0.25) is 0 Å². The molecule has 1 fully saturated rings. The van der Waals surface area contributed by atoms with Gasteiger partial charge < -0.3 is 4.74 Å². The summed E-state index contributed by atoms with van der Waals surface area (Å²) < 4.78 is 4.66. The highest BCUT2D eigenvalue weighted by Gasteiger charge is 2.37. The van der Waals surface area contributed by atoms with Crippen molar-refractivity contribution in [3.8, 4) is 0 Å². The lowest BCUT2D eigenvalue weighted by atomic mass is 9.82. The van der Waals surface area contributed by atoms with Gasteiger partial charge in [-0.15, -0.1) is 0 Å². The summed E-state index contributed by atoms with van der Waals surface area (Å²) in [5.74, 6) is -0.805. The predicted molar refractivity (Wildman–Crippen MR) is 56.6 cm³/mol. The van der Waals surface area contributed by atoms with Gasteiger partial charge in [0.25, 0.3) is 0 Å². The monoisotopic (exact) mass is 227 g/mol. The number of likely N-dealkylation sites (tertiary alicyclic amines) is 1. The molecule has 5 heteroatoms. The van der Waals surface area contributed by atoms with Gasteiger partial charge >= 0.3 is 0 Å². The summed E-state index contributed by atoms with van der Waals surface area (Å²) in [5.41, 5.74) is -0.297. The Labute approximate surface area is 94.7 Å². The number of ketones is 1. The second-order valence-corrected chi connectivity index (χ2v) is 4.86. The first-order valence-corrected chi connectivity index (χ1v) is 5.19. The van der Waals surface area contributed by atoms with Gasteiger partial charge in [0.2, 0.25) is 11.8 Å². The van der Waals surface area contributed by atoms with E-state index in [1.54, 1.807) is 0 Å². The molecule has 90 valence electrons. The lowest BCUT2D eigenvalue weighted by Gasteiger charge is -2.34. The van der Waals surface area contributed by atoms with Crippen LogP contribution in [0.4, 0.5) is 0 Å². The standard InChI is InChI=1S/C11H17NO4/c1-11(2)4-9(14)12(10(15)5-11)6-8(13)7-16-3/h4-7H2,1-3H3. The van der Waals surface area contributed by atoms with Gasteiger partial charge in [-0.2, -0.15) is 0 Å². The van der Waals surface area contributed by atoms with Crippen LogP contribution in [0.3, 0.4) is 0 Å². The third-order valence-corrected chi connectivity index (χ3v) is 2.50. The summed E-state index contributed by atoms with van der Waals surface area (Å²) in [4.78, 5) is 35.7. The Hall–Kier alpha value is -1.23. The molecule has 0 unspecified atom stereocenters. The maximum absolute atomic E-state index is 11.7. The summed E-state index contributed by atoms with van der Waals surface area (Å²) in [5, 5.41) is 0. The quantitative estimate of drug-likeness (QED) is 0.651. The van der Waals surface area contributed by atoms with Crippen molar-refractivity contribution >= 4 is 17.6 Å². The van der Waals surface area contributed by atoms with Gasteiger partial charge in [-0.25, -0.2) is 0 Å². The minimum absolute atomic E-state index is 0.0690. The van der Waals surface area contributed by atoms with Crippen LogP contribution in [0.5, 0.6) is 0 Å². The molecule has 2 amide bonds. The molecule has 0 spiro atoms. The molecule has 1 rings (SSSR count). The Kier molecular flexibility index (Phi) is 3.80. The maximum atomic E-state index is 11.7. The van der Waals surface area contributed by atoms with Gasteiger partial charge in [0.1, 0.15) is 6.61 Å². The fourth-order valence-corrected chi connectivity index (χ4v) is 1.77.